The Morgan fingerprint density at radius 2 is 2.08 bits per heavy atom. The summed E-state index contributed by atoms with van der Waals surface area (Å²) in [6, 6.07) is 0.601. The lowest BCUT2D eigenvalue weighted by atomic mass is 10.4. The highest BCUT2D eigenvalue weighted by molar-refractivity contribution is 5.16. The highest BCUT2D eigenvalue weighted by atomic mass is 80.0. The van der Waals surface area contributed by atoms with Crippen LogP contribution < -0.4 is 12.2 Å². The predicted octanol–water partition coefficient (Wildman–Crippen LogP) is -1.18. The Morgan fingerprint density at radius 3 is 2.58 bits per heavy atom. The minimum Gasteiger partial charge on any atom is -0.361 e. The molecule has 0 aliphatic carbocycles. The van der Waals surface area contributed by atoms with Crippen LogP contribution in [0, 0.1) is 26.6 Å². The number of halogens is 3. The highest BCUT2D eigenvalue weighted by Crippen LogP contribution is 2.12. The van der Waals surface area contributed by atoms with Crippen molar-refractivity contribution in [3.8, 4) is 5.75 Å². The van der Waals surface area contributed by atoms with Gasteiger partial charge in [0.15, 0.2) is 5.82 Å². The Labute approximate surface area is 71.2 Å². The molecule has 0 N–H and O–H groups in total. The van der Waals surface area contributed by atoms with Crippen LogP contribution in [0.3, 0.4) is 0 Å². The van der Waals surface area contributed by atoms with Gasteiger partial charge in [-0.2, -0.15) is 4.39 Å². The van der Waals surface area contributed by atoms with Crippen LogP contribution in [0.25, 0.3) is 0 Å². The van der Waals surface area contributed by atoms with Gasteiger partial charge in [0.05, 0.1) is 6.20 Å². The summed E-state index contributed by atoms with van der Waals surface area (Å²) in [5.74, 6) is -2.89. The maximum Gasteiger partial charge on any atom is 0.501 e. The fraction of sp³-hybridized carbons (Fsp3) is 0. The van der Waals surface area contributed by atoms with Gasteiger partial charge in [-0.1, -0.05) is 0 Å². The zero-order chi connectivity index (χ0) is 9.14. The van der Waals surface area contributed by atoms with Gasteiger partial charge in [-0.15, -0.1) is 3.83 Å². The van der Waals surface area contributed by atoms with E-state index < -0.39 is 26.6 Å². The van der Waals surface area contributed by atoms with Crippen LogP contribution in [0.1, 0.15) is 0 Å². The molecule has 0 saturated heterocycles. The van der Waals surface area contributed by atoms with E-state index in [1.165, 1.54) is 0 Å². The van der Waals surface area contributed by atoms with Gasteiger partial charge in [0.2, 0.25) is 5.95 Å². The molecular formula is C5H2BrF2NO3. The molecule has 0 spiro atoms. The second-order valence-electron chi connectivity index (χ2n) is 1.71. The standard InChI is InChI=1S/C5H2BrF2NO3/c7-4-1-3(12-6(10)11)2-9-5(4)8/h1-2H. The zero-order valence-electron chi connectivity index (χ0n) is 5.46. The molecule has 0 aliphatic heterocycles. The summed E-state index contributed by atoms with van der Waals surface area (Å²) in [6.45, 7) is 0. The number of hydrogen-bond acceptors (Lipinski definition) is 4. The van der Waals surface area contributed by atoms with E-state index in [0.29, 0.717) is 6.07 Å². The average molecular weight is 242 g/mol. The lowest BCUT2D eigenvalue weighted by Gasteiger charge is -1.94. The summed E-state index contributed by atoms with van der Waals surface area (Å²) in [4.78, 5) is 2.90. The first kappa shape index (κ1) is 9.30. The van der Waals surface area contributed by atoms with Gasteiger partial charge in [0, 0.05) is 6.07 Å². The van der Waals surface area contributed by atoms with Crippen molar-refractivity contribution in [2.45, 2.75) is 0 Å². The Balaban J connectivity index is 2.82. The zero-order valence-corrected chi connectivity index (χ0v) is 7.05. The van der Waals surface area contributed by atoms with E-state index in [-0.39, 0.29) is 5.75 Å². The molecule has 66 valence electrons. The van der Waals surface area contributed by atoms with Gasteiger partial charge in [-0.25, -0.2) is 9.37 Å². The van der Waals surface area contributed by atoms with Crippen LogP contribution in [0.15, 0.2) is 12.3 Å². The minimum atomic E-state index is -3.47. The third kappa shape index (κ3) is 2.36. The van der Waals surface area contributed by atoms with Gasteiger partial charge < -0.3 is 8.40 Å². The summed E-state index contributed by atoms with van der Waals surface area (Å²) in [6.07, 6.45) is 0.777. The molecule has 0 saturated carbocycles. The van der Waals surface area contributed by atoms with Crippen LogP contribution in [0.4, 0.5) is 8.78 Å². The first-order valence-corrected chi connectivity index (χ1v) is 4.59. The fourth-order valence-corrected chi connectivity index (χ4v) is 1.00. The molecule has 4 nitrogen and oxygen atoms in total. The van der Waals surface area contributed by atoms with Crippen molar-refractivity contribution in [1.82, 2.24) is 4.98 Å². The van der Waals surface area contributed by atoms with Crippen LogP contribution >= 0.6 is 0 Å². The first-order chi connectivity index (χ1) is 5.59. The summed E-state index contributed by atoms with van der Waals surface area (Å²) in [5.41, 5.74) is 0. The molecule has 1 aromatic heterocycles. The van der Waals surface area contributed by atoms with Crippen LogP contribution in [0.5, 0.6) is 5.75 Å². The monoisotopic (exact) mass is 241 g/mol. The molecule has 1 aromatic rings. The molecule has 1 heterocycles. The minimum absolute atomic E-state index is 0.339. The largest absolute Gasteiger partial charge is 0.501 e. The quantitative estimate of drug-likeness (QED) is 0.612. The van der Waals surface area contributed by atoms with Gasteiger partial charge in [0.1, 0.15) is 0 Å². The lowest BCUT2D eigenvalue weighted by molar-refractivity contribution is -1.62. The second kappa shape index (κ2) is 3.74. The Morgan fingerprint density at radius 1 is 1.42 bits per heavy atom. The molecule has 1 rings (SSSR count). The Bertz CT molecular complexity index is 283. The highest BCUT2D eigenvalue weighted by Gasteiger charge is 2.15. The van der Waals surface area contributed by atoms with E-state index in [1.54, 1.807) is 0 Å². The molecule has 0 atom stereocenters. The molecule has 0 amide bonds. The smallest absolute Gasteiger partial charge is 0.361 e. The van der Waals surface area contributed by atoms with Crippen molar-refractivity contribution in [2.75, 3.05) is 0 Å². The first-order valence-electron chi connectivity index (χ1n) is 2.64. The van der Waals surface area contributed by atoms with E-state index in [4.69, 9.17) is 0 Å². The maximum atomic E-state index is 12.3. The van der Waals surface area contributed by atoms with Crippen molar-refractivity contribution in [2.24, 2.45) is 0 Å². The predicted molar refractivity (Wildman–Crippen MR) is 24.8 cm³/mol. The fourth-order valence-electron chi connectivity index (χ4n) is 0.519. The Hall–Kier alpha value is -0.790. The van der Waals surface area contributed by atoms with Crippen molar-refractivity contribution in [1.29, 1.82) is 0 Å². The molecule has 0 bridgehead atoms. The van der Waals surface area contributed by atoms with Crippen molar-refractivity contribution < 1.29 is 35.8 Å². The van der Waals surface area contributed by atoms with Gasteiger partial charge in [0.25, 0.3) is 5.75 Å². The van der Waals surface area contributed by atoms with Gasteiger partial charge in [-0.05, 0) is 0 Å². The van der Waals surface area contributed by atoms with E-state index in [9.17, 15) is 17.2 Å². The summed E-state index contributed by atoms with van der Waals surface area (Å²) in [5, 5.41) is 0. The number of hydrogen-bond donors (Lipinski definition) is 0. The maximum absolute atomic E-state index is 12.3. The number of aromatic nitrogens is 1. The normalized spacial score (nSPS) is 10.4. The molecular weight excluding hydrogens is 240 g/mol. The molecule has 7 heteroatoms. The molecule has 12 heavy (non-hydrogen) atoms. The van der Waals surface area contributed by atoms with Crippen molar-refractivity contribution in [3.63, 3.8) is 0 Å². The van der Waals surface area contributed by atoms with Crippen molar-refractivity contribution >= 4 is 0 Å². The van der Waals surface area contributed by atoms with Crippen LogP contribution in [-0.4, -0.2) is 4.98 Å². The number of nitrogens with zero attached hydrogens (tertiary/aromatic N) is 1. The molecule has 0 aromatic carbocycles. The van der Waals surface area contributed by atoms with Crippen molar-refractivity contribution in [3.05, 3.63) is 24.0 Å². The summed E-state index contributed by atoms with van der Waals surface area (Å²) in [7, 11) is 0. The van der Waals surface area contributed by atoms with E-state index in [1.807, 2.05) is 0 Å². The van der Waals surface area contributed by atoms with Gasteiger partial charge >= 0.3 is 14.8 Å². The Kier molecular flexibility index (Phi) is 2.90. The van der Waals surface area contributed by atoms with Gasteiger partial charge in [-0.3, -0.25) is 0 Å². The van der Waals surface area contributed by atoms with Crippen LogP contribution in [0.2, 0.25) is 0 Å². The number of rotatable bonds is 2. The third-order valence-electron chi connectivity index (χ3n) is 0.923. The molecule has 0 radical (unpaired) electrons. The number of pyridine rings is 1. The topological polar surface area (TPSA) is 68.2 Å². The van der Waals surface area contributed by atoms with E-state index in [2.05, 4.69) is 8.81 Å². The summed E-state index contributed by atoms with van der Waals surface area (Å²) >= 11 is -3.47. The van der Waals surface area contributed by atoms with Crippen LogP contribution in [-0.2, 0) is 0 Å². The molecule has 0 aliphatic rings. The van der Waals surface area contributed by atoms with E-state index >= 15 is 0 Å². The molecule has 0 fully saturated rings. The SMILES string of the molecule is [O-][Br+2]([O-])Oc1cnc(F)c(F)c1. The lowest BCUT2D eigenvalue weighted by Crippen LogP contribution is -2.36. The molecule has 0 unspecified atom stereocenters. The average Bonchev–Trinajstić information content (AvgIpc) is 1.96. The summed E-state index contributed by atoms with van der Waals surface area (Å²) < 4.78 is 48.5. The third-order valence-corrected chi connectivity index (χ3v) is 1.56. The second-order valence-corrected chi connectivity index (χ2v) is 2.83. The van der Waals surface area contributed by atoms with E-state index in [0.717, 1.165) is 6.20 Å².